The van der Waals surface area contributed by atoms with Crippen molar-refractivity contribution in [2.45, 2.75) is 30.7 Å². The molecule has 0 fully saturated rings. The van der Waals surface area contributed by atoms with E-state index >= 15 is 0 Å². The Morgan fingerprint density at radius 1 is 1.08 bits per heavy atom. The van der Waals surface area contributed by atoms with Gasteiger partial charge in [-0.1, -0.05) is 47.5 Å². The molecule has 1 aliphatic rings. The van der Waals surface area contributed by atoms with Crippen LogP contribution in [0, 0.1) is 0 Å². The van der Waals surface area contributed by atoms with Crippen LogP contribution < -0.4 is 10.6 Å². The first kappa shape index (κ1) is 28.5. The normalized spacial score (nSPS) is 15.2. The number of anilines is 2. The second-order valence-corrected chi connectivity index (χ2v) is 11.4. The number of nitrogens with zero attached hydrogens (tertiary/aromatic N) is 2. The molecule has 1 atom stereocenters. The SMILES string of the molecule is CC(=O)Nc1ccc(S(=O)(=O)N2CCc3ccccc3C2CC(=O)OCC(=O)Nc2ncc(Cl)cc2Cl)cc1. The summed E-state index contributed by atoms with van der Waals surface area (Å²) in [6, 6.07) is 13.6. The Balaban J connectivity index is 1.49. The van der Waals surface area contributed by atoms with Crippen LogP contribution in [0.3, 0.4) is 0 Å². The molecule has 13 heteroatoms. The third kappa shape index (κ3) is 6.93. The number of sulfonamides is 1. The summed E-state index contributed by atoms with van der Waals surface area (Å²) in [6.07, 6.45) is 1.45. The highest BCUT2D eigenvalue weighted by Crippen LogP contribution is 2.36. The van der Waals surface area contributed by atoms with Gasteiger partial charge in [0.15, 0.2) is 12.4 Å². The molecule has 1 unspecified atom stereocenters. The number of pyridine rings is 1. The smallest absolute Gasteiger partial charge is 0.308 e. The van der Waals surface area contributed by atoms with Gasteiger partial charge in [0.1, 0.15) is 0 Å². The number of ether oxygens (including phenoxy) is 1. The van der Waals surface area contributed by atoms with E-state index in [0.717, 1.165) is 5.56 Å². The zero-order valence-electron chi connectivity index (χ0n) is 20.7. The quantitative estimate of drug-likeness (QED) is 0.375. The molecule has 0 bridgehead atoms. The van der Waals surface area contributed by atoms with Crippen LogP contribution in [0.2, 0.25) is 10.0 Å². The summed E-state index contributed by atoms with van der Waals surface area (Å²) in [5.74, 6) is -1.65. The first-order valence-electron chi connectivity index (χ1n) is 11.8. The molecule has 1 aromatic heterocycles. The lowest BCUT2D eigenvalue weighted by Gasteiger charge is -2.36. The molecule has 3 aromatic rings. The standard InChI is InChI=1S/C26H24Cl2N4O6S/c1-16(33)30-19-6-8-20(9-7-19)39(36,37)32-11-10-17-4-2-3-5-21(17)23(32)13-25(35)38-15-24(34)31-26-22(28)12-18(27)14-29-26/h2-9,12,14,23H,10-11,13,15H2,1H3,(H,30,33)(H,29,31,34). The van der Waals surface area contributed by atoms with Crippen LogP contribution in [0.25, 0.3) is 0 Å². The fraction of sp³-hybridized carbons (Fsp3) is 0.231. The van der Waals surface area contributed by atoms with Gasteiger partial charge >= 0.3 is 5.97 Å². The van der Waals surface area contributed by atoms with Crippen molar-refractivity contribution in [3.8, 4) is 0 Å². The summed E-state index contributed by atoms with van der Waals surface area (Å²) in [5.41, 5.74) is 2.06. The van der Waals surface area contributed by atoms with Crippen molar-refractivity contribution in [1.29, 1.82) is 0 Å². The summed E-state index contributed by atoms with van der Waals surface area (Å²) >= 11 is 11.8. The van der Waals surface area contributed by atoms with Crippen molar-refractivity contribution in [3.05, 3.63) is 82.0 Å². The number of amides is 2. The van der Waals surface area contributed by atoms with Gasteiger partial charge < -0.3 is 15.4 Å². The number of esters is 1. The minimum absolute atomic E-state index is 0.0149. The van der Waals surface area contributed by atoms with Crippen LogP contribution in [0.4, 0.5) is 11.5 Å². The number of carbonyl (C=O) groups is 3. The van der Waals surface area contributed by atoms with Crippen molar-refractivity contribution in [2.75, 3.05) is 23.8 Å². The topological polar surface area (TPSA) is 135 Å². The molecule has 2 N–H and O–H groups in total. The minimum atomic E-state index is -4.03. The Bertz CT molecular complexity index is 1520. The molecule has 4 rings (SSSR count). The van der Waals surface area contributed by atoms with Gasteiger partial charge in [-0.2, -0.15) is 4.31 Å². The number of fused-ring (bicyclic) bond motifs is 1. The molecule has 0 saturated carbocycles. The van der Waals surface area contributed by atoms with E-state index in [1.54, 1.807) is 12.1 Å². The number of hydrogen-bond donors (Lipinski definition) is 2. The van der Waals surface area contributed by atoms with Gasteiger partial charge in [-0.15, -0.1) is 0 Å². The first-order chi connectivity index (χ1) is 18.5. The Morgan fingerprint density at radius 3 is 2.49 bits per heavy atom. The van der Waals surface area contributed by atoms with Gasteiger partial charge in [-0.05, 0) is 47.9 Å². The molecule has 0 radical (unpaired) electrons. The Morgan fingerprint density at radius 2 is 1.79 bits per heavy atom. The largest absolute Gasteiger partial charge is 0.456 e. The van der Waals surface area contributed by atoms with Gasteiger partial charge in [0.2, 0.25) is 15.9 Å². The summed E-state index contributed by atoms with van der Waals surface area (Å²) < 4.78 is 33.7. The van der Waals surface area contributed by atoms with Gasteiger partial charge in [0.05, 0.1) is 27.4 Å². The molecule has 0 aliphatic carbocycles. The predicted octanol–water partition coefficient (Wildman–Crippen LogP) is 4.21. The van der Waals surface area contributed by atoms with Gasteiger partial charge in [0.25, 0.3) is 5.91 Å². The fourth-order valence-corrected chi connectivity index (χ4v) is 6.25. The van der Waals surface area contributed by atoms with Crippen LogP contribution in [0.15, 0.2) is 65.7 Å². The molecule has 204 valence electrons. The molecule has 39 heavy (non-hydrogen) atoms. The van der Waals surface area contributed by atoms with E-state index in [1.807, 2.05) is 12.1 Å². The molecule has 10 nitrogen and oxygen atoms in total. The van der Waals surface area contributed by atoms with E-state index in [2.05, 4.69) is 15.6 Å². The molecule has 2 heterocycles. The molecule has 1 aliphatic heterocycles. The number of hydrogen-bond acceptors (Lipinski definition) is 7. The number of benzene rings is 2. The number of halogens is 2. The number of carbonyl (C=O) groups excluding carboxylic acids is 3. The maximum absolute atomic E-state index is 13.6. The minimum Gasteiger partial charge on any atom is -0.456 e. The number of rotatable bonds is 8. The zero-order chi connectivity index (χ0) is 28.2. The summed E-state index contributed by atoms with van der Waals surface area (Å²) in [7, 11) is -4.03. The van der Waals surface area contributed by atoms with Crippen LogP contribution in [-0.4, -0.2) is 48.6 Å². The highest BCUT2D eigenvalue weighted by atomic mass is 35.5. The fourth-order valence-electron chi connectivity index (χ4n) is 4.21. The van der Waals surface area contributed by atoms with Crippen molar-refractivity contribution in [1.82, 2.24) is 9.29 Å². The Kier molecular flexibility index (Phi) is 8.86. The highest BCUT2D eigenvalue weighted by Gasteiger charge is 2.38. The summed E-state index contributed by atoms with van der Waals surface area (Å²) in [4.78, 5) is 40.3. The van der Waals surface area contributed by atoms with Gasteiger partial charge in [-0.25, -0.2) is 13.4 Å². The van der Waals surface area contributed by atoms with Crippen LogP contribution in [0.5, 0.6) is 0 Å². The molecular formula is C26H24Cl2N4O6S. The average Bonchev–Trinajstić information content (AvgIpc) is 2.89. The van der Waals surface area contributed by atoms with Crippen molar-refractivity contribution >= 4 is 62.5 Å². The second kappa shape index (κ2) is 12.1. The second-order valence-electron chi connectivity index (χ2n) is 8.68. The van der Waals surface area contributed by atoms with E-state index in [0.29, 0.717) is 22.7 Å². The number of nitrogens with one attached hydrogen (secondary N) is 2. The summed E-state index contributed by atoms with van der Waals surface area (Å²) in [5, 5.41) is 5.44. The number of aromatic nitrogens is 1. The van der Waals surface area contributed by atoms with E-state index in [-0.39, 0.29) is 34.6 Å². The predicted molar refractivity (Wildman–Crippen MR) is 146 cm³/mol. The molecule has 0 saturated heterocycles. The molecule has 2 aromatic carbocycles. The molecular weight excluding hydrogens is 567 g/mol. The zero-order valence-corrected chi connectivity index (χ0v) is 23.0. The third-order valence-electron chi connectivity index (χ3n) is 5.93. The lowest BCUT2D eigenvalue weighted by molar-refractivity contribution is -0.148. The monoisotopic (exact) mass is 590 g/mol. The maximum Gasteiger partial charge on any atom is 0.308 e. The highest BCUT2D eigenvalue weighted by molar-refractivity contribution is 7.89. The Hall–Kier alpha value is -3.51. The average molecular weight is 591 g/mol. The van der Waals surface area contributed by atoms with Crippen LogP contribution in [0.1, 0.15) is 30.5 Å². The summed E-state index contributed by atoms with van der Waals surface area (Å²) in [6.45, 7) is 0.879. The Labute approximate surface area is 235 Å². The van der Waals surface area contributed by atoms with Gasteiger partial charge in [-0.3, -0.25) is 14.4 Å². The van der Waals surface area contributed by atoms with Crippen molar-refractivity contribution in [2.24, 2.45) is 0 Å². The van der Waals surface area contributed by atoms with E-state index < -0.39 is 34.5 Å². The van der Waals surface area contributed by atoms with E-state index in [1.165, 1.54) is 47.8 Å². The van der Waals surface area contributed by atoms with Crippen LogP contribution >= 0.6 is 23.2 Å². The lowest BCUT2D eigenvalue weighted by atomic mass is 9.92. The van der Waals surface area contributed by atoms with Crippen molar-refractivity contribution in [3.63, 3.8) is 0 Å². The van der Waals surface area contributed by atoms with Crippen molar-refractivity contribution < 1.29 is 27.5 Å². The maximum atomic E-state index is 13.6. The van der Waals surface area contributed by atoms with Crippen LogP contribution in [-0.2, 0) is 35.6 Å². The van der Waals surface area contributed by atoms with E-state index in [9.17, 15) is 22.8 Å². The lowest BCUT2D eigenvalue weighted by Crippen LogP contribution is -2.41. The van der Waals surface area contributed by atoms with Gasteiger partial charge in [0, 0.05) is 25.4 Å². The first-order valence-corrected chi connectivity index (χ1v) is 14.0. The molecule has 2 amide bonds. The van der Waals surface area contributed by atoms with E-state index in [4.69, 9.17) is 27.9 Å². The molecule has 0 spiro atoms. The third-order valence-corrected chi connectivity index (χ3v) is 8.35.